The predicted molar refractivity (Wildman–Crippen MR) is 39.9 cm³/mol. The summed E-state index contributed by atoms with van der Waals surface area (Å²) in [6.45, 7) is 1.71. The fourth-order valence-corrected chi connectivity index (χ4v) is 0.708. The minimum Gasteiger partial charge on any atom is -0.508 e. The first-order chi connectivity index (χ1) is 4.61. The average Bonchev–Trinajstić information content (AvgIpc) is 1.84. The van der Waals surface area contributed by atoms with Gasteiger partial charge < -0.3 is 10.2 Å². The van der Waals surface area contributed by atoms with Crippen LogP contribution in [0.15, 0.2) is 12.1 Å². The summed E-state index contributed by atoms with van der Waals surface area (Å²) in [5, 5.41) is 17.9. The van der Waals surface area contributed by atoms with Crippen LogP contribution in [0.1, 0.15) is 5.56 Å². The molecule has 0 amide bonds. The standard InChI is InChI=1S/C7H7BO2/c1-4-2-5(8)7(10)3-6(4)9/h2-3,9-10H,1H3. The number of hydrogen-bond donors (Lipinski definition) is 2. The highest BCUT2D eigenvalue weighted by atomic mass is 16.3. The van der Waals surface area contributed by atoms with E-state index in [9.17, 15) is 0 Å². The molecule has 2 nitrogen and oxygen atoms in total. The fraction of sp³-hybridized carbons (Fsp3) is 0.143. The number of rotatable bonds is 0. The van der Waals surface area contributed by atoms with E-state index in [1.807, 2.05) is 0 Å². The lowest BCUT2D eigenvalue weighted by molar-refractivity contribution is 0.450. The number of aromatic hydroxyl groups is 2. The first-order valence-corrected chi connectivity index (χ1v) is 2.89. The van der Waals surface area contributed by atoms with Gasteiger partial charge in [-0.25, -0.2) is 0 Å². The molecule has 0 unspecified atom stereocenters. The summed E-state index contributed by atoms with van der Waals surface area (Å²) in [5.41, 5.74) is 0.950. The van der Waals surface area contributed by atoms with Crippen molar-refractivity contribution in [2.45, 2.75) is 6.92 Å². The zero-order valence-corrected chi connectivity index (χ0v) is 5.63. The van der Waals surface area contributed by atoms with Gasteiger partial charge in [0.2, 0.25) is 0 Å². The summed E-state index contributed by atoms with van der Waals surface area (Å²) in [6, 6.07) is 2.75. The molecule has 10 heavy (non-hydrogen) atoms. The first-order valence-electron chi connectivity index (χ1n) is 2.89. The van der Waals surface area contributed by atoms with Crippen molar-refractivity contribution in [1.82, 2.24) is 0 Å². The Labute approximate surface area is 60.5 Å². The Morgan fingerprint density at radius 1 is 1.20 bits per heavy atom. The van der Waals surface area contributed by atoms with Crippen LogP contribution in [0.4, 0.5) is 0 Å². The molecular weight excluding hydrogens is 127 g/mol. The molecule has 0 saturated heterocycles. The van der Waals surface area contributed by atoms with Crippen molar-refractivity contribution < 1.29 is 10.2 Å². The minimum absolute atomic E-state index is 0.0618. The molecule has 1 rings (SSSR count). The van der Waals surface area contributed by atoms with Crippen LogP contribution in [0.3, 0.4) is 0 Å². The van der Waals surface area contributed by atoms with Gasteiger partial charge in [0, 0.05) is 6.07 Å². The van der Waals surface area contributed by atoms with E-state index < -0.39 is 0 Å². The Bertz CT molecular complexity index is 208. The zero-order valence-electron chi connectivity index (χ0n) is 5.63. The molecule has 0 aliphatic rings. The second kappa shape index (κ2) is 2.25. The normalized spacial score (nSPS) is 9.70. The predicted octanol–water partition coefficient (Wildman–Crippen LogP) is 0.200. The van der Waals surface area contributed by atoms with Gasteiger partial charge in [0.25, 0.3) is 0 Å². The van der Waals surface area contributed by atoms with Crippen molar-refractivity contribution >= 4 is 13.3 Å². The summed E-state index contributed by atoms with van der Waals surface area (Å²) in [6.07, 6.45) is 0. The highest BCUT2D eigenvalue weighted by Gasteiger charge is 1.99. The van der Waals surface area contributed by atoms with E-state index in [4.69, 9.17) is 18.1 Å². The molecule has 1 aromatic rings. The molecule has 0 aliphatic heterocycles. The van der Waals surface area contributed by atoms with Gasteiger partial charge in [-0.1, -0.05) is 11.5 Å². The molecule has 0 spiro atoms. The SMILES string of the molecule is [B]c1cc(C)c(O)cc1O. The van der Waals surface area contributed by atoms with Gasteiger partial charge in [-0.15, -0.1) is 0 Å². The van der Waals surface area contributed by atoms with E-state index >= 15 is 0 Å². The van der Waals surface area contributed by atoms with Gasteiger partial charge in [0.15, 0.2) is 0 Å². The number of phenolic OH excluding ortho intramolecular Hbond substituents is 2. The maximum Gasteiger partial charge on any atom is 0.122 e. The van der Waals surface area contributed by atoms with Gasteiger partial charge in [0.05, 0.1) is 0 Å². The number of hydrogen-bond acceptors (Lipinski definition) is 2. The van der Waals surface area contributed by atoms with Gasteiger partial charge in [-0.2, -0.15) is 0 Å². The monoisotopic (exact) mass is 134 g/mol. The van der Waals surface area contributed by atoms with E-state index in [2.05, 4.69) is 0 Å². The molecule has 0 atom stereocenters. The summed E-state index contributed by atoms with van der Waals surface area (Å²) in [7, 11) is 5.33. The summed E-state index contributed by atoms with van der Waals surface area (Å²) in [4.78, 5) is 0. The van der Waals surface area contributed by atoms with Crippen molar-refractivity contribution in [3.05, 3.63) is 17.7 Å². The lowest BCUT2D eigenvalue weighted by atomic mass is 9.93. The highest BCUT2D eigenvalue weighted by molar-refractivity contribution is 6.34. The lowest BCUT2D eigenvalue weighted by Crippen LogP contribution is -2.02. The van der Waals surface area contributed by atoms with Gasteiger partial charge in [-0.05, 0) is 12.5 Å². The van der Waals surface area contributed by atoms with Crippen LogP contribution < -0.4 is 5.46 Å². The Morgan fingerprint density at radius 2 is 1.80 bits per heavy atom. The Morgan fingerprint density at radius 3 is 2.30 bits per heavy atom. The van der Waals surface area contributed by atoms with Crippen molar-refractivity contribution in [2.75, 3.05) is 0 Å². The summed E-state index contributed by atoms with van der Waals surface area (Å²) < 4.78 is 0. The Balaban J connectivity index is 3.28. The third kappa shape index (κ3) is 1.08. The van der Waals surface area contributed by atoms with Crippen molar-refractivity contribution in [3.63, 3.8) is 0 Å². The van der Waals surface area contributed by atoms with E-state index in [1.165, 1.54) is 12.1 Å². The highest BCUT2D eigenvalue weighted by Crippen LogP contribution is 2.18. The second-order valence-electron chi connectivity index (χ2n) is 2.20. The van der Waals surface area contributed by atoms with Crippen LogP contribution >= 0.6 is 0 Å². The van der Waals surface area contributed by atoms with E-state index in [0.29, 0.717) is 5.56 Å². The van der Waals surface area contributed by atoms with Crippen molar-refractivity contribution in [3.8, 4) is 11.5 Å². The molecule has 0 bridgehead atoms. The molecule has 2 radical (unpaired) electrons. The van der Waals surface area contributed by atoms with Crippen LogP contribution in [-0.2, 0) is 0 Å². The average molecular weight is 134 g/mol. The molecule has 2 N–H and O–H groups in total. The van der Waals surface area contributed by atoms with Crippen molar-refractivity contribution in [1.29, 1.82) is 0 Å². The minimum atomic E-state index is -0.0805. The maximum absolute atomic E-state index is 9.01. The third-order valence-electron chi connectivity index (χ3n) is 1.35. The van der Waals surface area contributed by atoms with Crippen LogP contribution in [0.25, 0.3) is 0 Å². The lowest BCUT2D eigenvalue weighted by Gasteiger charge is -2.02. The van der Waals surface area contributed by atoms with Gasteiger partial charge in [-0.3, -0.25) is 0 Å². The fourth-order valence-electron chi connectivity index (χ4n) is 0.708. The number of phenols is 2. The van der Waals surface area contributed by atoms with Crippen molar-refractivity contribution in [2.24, 2.45) is 0 Å². The molecule has 50 valence electrons. The summed E-state index contributed by atoms with van der Waals surface area (Å²) in [5.74, 6) is -0.0187. The number of benzene rings is 1. The molecule has 1 aromatic carbocycles. The first kappa shape index (κ1) is 7.00. The second-order valence-corrected chi connectivity index (χ2v) is 2.20. The molecule has 0 aliphatic carbocycles. The van der Waals surface area contributed by atoms with Gasteiger partial charge in [0.1, 0.15) is 19.3 Å². The molecule has 3 heteroatoms. The molecule has 0 saturated carbocycles. The molecule has 0 heterocycles. The Kier molecular flexibility index (Phi) is 1.58. The number of aryl methyl sites for hydroxylation is 1. The van der Waals surface area contributed by atoms with E-state index in [-0.39, 0.29) is 17.0 Å². The van der Waals surface area contributed by atoms with Gasteiger partial charge >= 0.3 is 0 Å². The molecule has 0 aromatic heterocycles. The van der Waals surface area contributed by atoms with Crippen LogP contribution in [0.5, 0.6) is 11.5 Å². The Hall–Kier alpha value is -1.12. The van der Waals surface area contributed by atoms with E-state index in [1.54, 1.807) is 6.92 Å². The quantitative estimate of drug-likeness (QED) is 0.497. The van der Waals surface area contributed by atoms with E-state index in [0.717, 1.165) is 0 Å². The smallest absolute Gasteiger partial charge is 0.122 e. The third-order valence-corrected chi connectivity index (χ3v) is 1.35. The topological polar surface area (TPSA) is 40.5 Å². The molecule has 0 fully saturated rings. The maximum atomic E-state index is 9.01. The van der Waals surface area contributed by atoms with Crippen LogP contribution in [0, 0.1) is 6.92 Å². The largest absolute Gasteiger partial charge is 0.508 e. The zero-order chi connectivity index (χ0) is 7.72. The summed E-state index contributed by atoms with van der Waals surface area (Å²) >= 11 is 0. The van der Waals surface area contributed by atoms with Crippen LogP contribution in [-0.4, -0.2) is 18.1 Å². The van der Waals surface area contributed by atoms with Crippen LogP contribution in [0.2, 0.25) is 0 Å². The molecular formula is C7H7BO2.